The highest BCUT2D eigenvalue weighted by molar-refractivity contribution is 7.09. The summed E-state index contributed by atoms with van der Waals surface area (Å²) in [4.78, 5) is 21.8. The largest absolute Gasteiger partial charge is 0.496 e. The zero-order chi connectivity index (χ0) is 21.5. The van der Waals surface area contributed by atoms with E-state index in [-0.39, 0.29) is 6.09 Å². The number of benzene rings is 1. The zero-order valence-electron chi connectivity index (χ0n) is 18.0. The number of ether oxygens (including phenoxy) is 4. The van der Waals surface area contributed by atoms with E-state index < -0.39 is 0 Å². The quantitative estimate of drug-likeness (QED) is 0.631. The topological polar surface area (TPSA) is 73.4 Å². The molecule has 9 heteroatoms. The molecule has 2 heterocycles. The molecule has 3 rings (SSSR count). The van der Waals surface area contributed by atoms with Crippen LogP contribution in [0.15, 0.2) is 17.6 Å². The van der Waals surface area contributed by atoms with Crippen molar-refractivity contribution < 1.29 is 23.7 Å². The van der Waals surface area contributed by atoms with E-state index in [0.717, 1.165) is 40.7 Å². The minimum atomic E-state index is -0.253. The van der Waals surface area contributed by atoms with Crippen molar-refractivity contribution in [3.8, 4) is 17.2 Å². The molecular weight excluding hydrogens is 406 g/mol. The van der Waals surface area contributed by atoms with Crippen molar-refractivity contribution in [3.05, 3.63) is 33.8 Å². The van der Waals surface area contributed by atoms with Gasteiger partial charge >= 0.3 is 6.09 Å². The molecule has 8 nitrogen and oxygen atoms in total. The lowest BCUT2D eigenvalue weighted by atomic mass is 10.1. The molecule has 0 N–H and O–H groups in total. The van der Waals surface area contributed by atoms with E-state index >= 15 is 0 Å². The fraction of sp³-hybridized carbons (Fsp3) is 0.524. The van der Waals surface area contributed by atoms with E-state index in [4.69, 9.17) is 18.9 Å². The van der Waals surface area contributed by atoms with E-state index in [1.165, 1.54) is 0 Å². The van der Waals surface area contributed by atoms with Crippen molar-refractivity contribution in [2.45, 2.75) is 19.9 Å². The molecule has 1 aromatic carbocycles. The van der Waals surface area contributed by atoms with Gasteiger partial charge in [0.05, 0.1) is 44.7 Å². The fourth-order valence-corrected chi connectivity index (χ4v) is 4.20. The summed E-state index contributed by atoms with van der Waals surface area (Å²) in [5, 5.41) is 0. The summed E-state index contributed by atoms with van der Waals surface area (Å²) < 4.78 is 21.8. The maximum absolute atomic E-state index is 12.4. The molecule has 0 unspecified atom stereocenters. The van der Waals surface area contributed by atoms with Crippen LogP contribution in [0.2, 0.25) is 0 Å². The van der Waals surface area contributed by atoms with Gasteiger partial charge in [0.1, 0.15) is 17.2 Å². The van der Waals surface area contributed by atoms with E-state index in [0.29, 0.717) is 38.4 Å². The minimum absolute atomic E-state index is 0.253. The van der Waals surface area contributed by atoms with Crippen molar-refractivity contribution in [1.29, 1.82) is 0 Å². The van der Waals surface area contributed by atoms with Gasteiger partial charge in [-0.3, -0.25) is 4.90 Å². The van der Waals surface area contributed by atoms with E-state index in [1.54, 1.807) is 37.6 Å². The molecule has 1 aromatic heterocycles. The van der Waals surface area contributed by atoms with Gasteiger partial charge in [0, 0.05) is 56.2 Å². The number of aromatic nitrogens is 1. The predicted octanol–water partition coefficient (Wildman–Crippen LogP) is 2.97. The van der Waals surface area contributed by atoms with Crippen LogP contribution in [-0.2, 0) is 17.7 Å². The van der Waals surface area contributed by atoms with E-state index in [9.17, 15) is 4.79 Å². The Kier molecular flexibility index (Phi) is 7.75. The molecule has 0 atom stereocenters. The third-order valence-corrected chi connectivity index (χ3v) is 6.22. The van der Waals surface area contributed by atoms with Gasteiger partial charge in [0.2, 0.25) is 0 Å². The third kappa shape index (κ3) is 5.34. The highest BCUT2D eigenvalue weighted by atomic mass is 32.1. The first-order chi connectivity index (χ1) is 14.5. The van der Waals surface area contributed by atoms with Crippen molar-refractivity contribution in [1.82, 2.24) is 14.8 Å². The predicted molar refractivity (Wildman–Crippen MR) is 115 cm³/mol. The Balaban J connectivity index is 1.51. The monoisotopic (exact) mass is 435 g/mol. The van der Waals surface area contributed by atoms with E-state index in [1.807, 2.05) is 24.6 Å². The van der Waals surface area contributed by atoms with Crippen LogP contribution >= 0.6 is 11.3 Å². The van der Waals surface area contributed by atoms with Gasteiger partial charge < -0.3 is 23.8 Å². The lowest BCUT2D eigenvalue weighted by Gasteiger charge is -2.34. The fourth-order valence-electron chi connectivity index (χ4n) is 3.43. The lowest BCUT2D eigenvalue weighted by molar-refractivity contribution is 0.0749. The smallest absolute Gasteiger partial charge is 0.409 e. The van der Waals surface area contributed by atoms with Gasteiger partial charge in [-0.2, -0.15) is 0 Å². The van der Waals surface area contributed by atoms with Crippen LogP contribution in [0.5, 0.6) is 17.2 Å². The molecule has 0 spiro atoms. The second-order valence-electron chi connectivity index (χ2n) is 7.00. The summed E-state index contributed by atoms with van der Waals surface area (Å²) >= 11 is 1.60. The highest BCUT2D eigenvalue weighted by Crippen LogP contribution is 2.35. The van der Waals surface area contributed by atoms with Gasteiger partial charge in [0.15, 0.2) is 0 Å². The number of nitrogens with zero attached hydrogens (tertiary/aromatic N) is 3. The molecule has 1 aliphatic heterocycles. The number of thiazole rings is 1. The van der Waals surface area contributed by atoms with Crippen molar-refractivity contribution in [2.75, 3.05) is 54.1 Å². The standard InChI is InChI=1S/C21H29N3O5S/c1-15-20(30-14-22-15)5-10-29-21(25)24-8-6-23(7-9-24)13-17-18(27-3)11-16(26-2)12-19(17)28-4/h11-12,14H,5-10,13H2,1-4H3. The average Bonchev–Trinajstić information content (AvgIpc) is 3.18. The third-order valence-electron chi connectivity index (χ3n) is 5.23. The Bertz CT molecular complexity index is 824. The number of methoxy groups -OCH3 is 3. The number of hydrogen-bond donors (Lipinski definition) is 0. The summed E-state index contributed by atoms with van der Waals surface area (Å²) in [7, 11) is 4.89. The average molecular weight is 436 g/mol. The van der Waals surface area contributed by atoms with Gasteiger partial charge in [-0.05, 0) is 6.92 Å². The Morgan fingerprint density at radius 1 is 1.07 bits per heavy atom. The molecular formula is C21H29N3O5S. The summed E-state index contributed by atoms with van der Waals surface area (Å²) in [5.41, 5.74) is 3.80. The number of piperazine rings is 1. The van der Waals surface area contributed by atoms with Crippen LogP contribution in [-0.4, -0.2) is 75.0 Å². The second kappa shape index (κ2) is 10.5. The van der Waals surface area contributed by atoms with Gasteiger partial charge in [-0.1, -0.05) is 0 Å². The number of rotatable bonds is 8. The number of carbonyl (C=O) groups is 1. The molecule has 1 aliphatic rings. The molecule has 0 radical (unpaired) electrons. The molecule has 1 fully saturated rings. The number of aryl methyl sites for hydroxylation is 1. The lowest BCUT2D eigenvalue weighted by Crippen LogP contribution is -2.48. The minimum Gasteiger partial charge on any atom is -0.496 e. The van der Waals surface area contributed by atoms with Crippen LogP contribution in [0.4, 0.5) is 4.79 Å². The Morgan fingerprint density at radius 2 is 1.73 bits per heavy atom. The molecule has 0 saturated carbocycles. The van der Waals surface area contributed by atoms with Crippen LogP contribution in [0.1, 0.15) is 16.1 Å². The molecule has 1 saturated heterocycles. The van der Waals surface area contributed by atoms with E-state index in [2.05, 4.69) is 9.88 Å². The summed E-state index contributed by atoms with van der Waals surface area (Å²) in [6, 6.07) is 3.71. The van der Waals surface area contributed by atoms with Gasteiger partial charge in [0.25, 0.3) is 0 Å². The first-order valence-corrected chi connectivity index (χ1v) is 10.8. The molecule has 0 aliphatic carbocycles. The summed E-state index contributed by atoms with van der Waals surface area (Å²) in [6.07, 6.45) is 0.454. The SMILES string of the molecule is COc1cc(OC)c(CN2CCN(C(=O)OCCc3scnc3C)CC2)c(OC)c1. The first-order valence-electron chi connectivity index (χ1n) is 9.87. The normalized spacial score (nSPS) is 14.5. The molecule has 1 amide bonds. The van der Waals surface area contributed by atoms with Crippen LogP contribution in [0.25, 0.3) is 0 Å². The number of amides is 1. The highest BCUT2D eigenvalue weighted by Gasteiger charge is 2.24. The second-order valence-corrected chi connectivity index (χ2v) is 7.94. The first kappa shape index (κ1) is 22.2. The maximum Gasteiger partial charge on any atom is 0.409 e. The molecule has 0 bridgehead atoms. The van der Waals surface area contributed by atoms with Crippen molar-refractivity contribution in [3.63, 3.8) is 0 Å². The molecule has 30 heavy (non-hydrogen) atoms. The number of carbonyl (C=O) groups excluding carboxylic acids is 1. The molecule has 2 aromatic rings. The summed E-state index contributed by atoms with van der Waals surface area (Å²) in [6.45, 7) is 5.77. The maximum atomic E-state index is 12.4. The van der Waals surface area contributed by atoms with Crippen LogP contribution in [0, 0.1) is 6.92 Å². The Hall–Kier alpha value is -2.52. The summed E-state index contributed by atoms with van der Waals surface area (Å²) in [5.74, 6) is 2.14. The van der Waals surface area contributed by atoms with Crippen molar-refractivity contribution >= 4 is 17.4 Å². The Labute approximate surface area is 181 Å². The van der Waals surface area contributed by atoms with Crippen LogP contribution < -0.4 is 14.2 Å². The molecule has 164 valence electrons. The number of hydrogen-bond acceptors (Lipinski definition) is 8. The van der Waals surface area contributed by atoms with Gasteiger partial charge in [-0.15, -0.1) is 11.3 Å². The zero-order valence-corrected chi connectivity index (χ0v) is 18.8. The van der Waals surface area contributed by atoms with Crippen molar-refractivity contribution in [2.24, 2.45) is 0 Å². The Morgan fingerprint density at radius 3 is 2.27 bits per heavy atom. The van der Waals surface area contributed by atoms with Gasteiger partial charge in [-0.25, -0.2) is 9.78 Å². The van der Waals surface area contributed by atoms with Crippen LogP contribution in [0.3, 0.4) is 0 Å².